The molecule has 0 saturated heterocycles. The van der Waals surface area contributed by atoms with Gasteiger partial charge in [0.1, 0.15) is 5.78 Å². The first-order chi connectivity index (χ1) is 6.28. The summed E-state index contributed by atoms with van der Waals surface area (Å²) in [5.41, 5.74) is -0.497. The van der Waals surface area contributed by atoms with Crippen molar-refractivity contribution in [3.8, 4) is 0 Å². The molecule has 4 nitrogen and oxygen atoms in total. The monoisotopic (exact) mass is 199 g/mol. The third-order valence-electron chi connectivity index (χ3n) is 1.65. The number of hydrogen-bond donors (Lipinski definition) is 2. The van der Waals surface area contributed by atoms with Gasteiger partial charge in [0.25, 0.3) is 0 Å². The number of aliphatic hydroxyl groups excluding tert-OH is 1. The van der Waals surface area contributed by atoms with E-state index >= 15 is 0 Å². The van der Waals surface area contributed by atoms with E-state index in [0.717, 1.165) is 0 Å². The number of hydrogen-bond acceptors (Lipinski definition) is 3. The maximum Gasteiger partial charge on any atom is 0.249 e. The van der Waals surface area contributed by atoms with Gasteiger partial charge in [-0.1, -0.05) is 6.58 Å². The topological polar surface area (TPSA) is 66.4 Å². The standard InChI is InChI=1S/C10H17NO3/c1-7(6-12)9(14)11-10(3,4)5-8(2)13/h12H,1,5-6H2,2-4H3,(H,11,14). The average molecular weight is 199 g/mol. The van der Waals surface area contributed by atoms with Crippen LogP contribution in [0.5, 0.6) is 0 Å². The molecule has 0 rings (SSSR count). The van der Waals surface area contributed by atoms with Crippen LogP contribution in [-0.4, -0.2) is 28.9 Å². The maximum absolute atomic E-state index is 11.3. The summed E-state index contributed by atoms with van der Waals surface area (Å²) in [5.74, 6) is -0.413. The van der Waals surface area contributed by atoms with Gasteiger partial charge < -0.3 is 10.4 Å². The van der Waals surface area contributed by atoms with E-state index in [2.05, 4.69) is 11.9 Å². The molecule has 0 aliphatic rings. The number of Topliss-reactive ketones (excluding diaryl/α,β-unsaturated/α-hetero) is 1. The van der Waals surface area contributed by atoms with Crippen molar-refractivity contribution in [3.05, 3.63) is 12.2 Å². The fourth-order valence-electron chi connectivity index (χ4n) is 1.13. The second-order valence-corrected chi connectivity index (χ2v) is 3.98. The molecule has 2 N–H and O–H groups in total. The minimum atomic E-state index is -0.596. The molecule has 0 fully saturated rings. The number of amides is 1. The van der Waals surface area contributed by atoms with E-state index in [1.54, 1.807) is 13.8 Å². The number of rotatable bonds is 5. The lowest BCUT2D eigenvalue weighted by atomic mass is 9.98. The number of carbonyl (C=O) groups is 2. The Labute approximate surface area is 84.0 Å². The van der Waals surface area contributed by atoms with Crippen molar-refractivity contribution >= 4 is 11.7 Å². The molecule has 0 aliphatic heterocycles. The van der Waals surface area contributed by atoms with Crippen LogP contribution < -0.4 is 5.32 Å². The number of carbonyl (C=O) groups excluding carboxylic acids is 2. The molecule has 80 valence electrons. The smallest absolute Gasteiger partial charge is 0.249 e. The number of nitrogens with one attached hydrogen (secondary N) is 1. The Hall–Kier alpha value is -1.16. The minimum absolute atomic E-state index is 0.00455. The second-order valence-electron chi connectivity index (χ2n) is 3.98. The molecule has 0 aromatic carbocycles. The Kier molecular flexibility index (Phi) is 4.50. The molecule has 0 heterocycles. The Morgan fingerprint density at radius 1 is 1.43 bits per heavy atom. The summed E-state index contributed by atoms with van der Waals surface area (Å²) in [5, 5.41) is 11.3. The predicted octanol–water partition coefficient (Wildman–Crippen LogP) is 0.409. The van der Waals surface area contributed by atoms with Crippen LogP contribution in [0.15, 0.2) is 12.2 Å². The average Bonchev–Trinajstić information content (AvgIpc) is 1.99. The van der Waals surface area contributed by atoms with Gasteiger partial charge in [-0.3, -0.25) is 9.59 Å². The van der Waals surface area contributed by atoms with Crippen LogP contribution in [0.25, 0.3) is 0 Å². The first-order valence-electron chi connectivity index (χ1n) is 4.39. The van der Waals surface area contributed by atoms with Gasteiger partial charge in [-0.25, -0.2) is 0 Å². The first-order valence-corrected chi connectivity index (χ1v) is 4.39. The van der Waals surface area contributed by atoms with Gasteiger partial charge in [0.2, 0.25) is 5.91 Å². The molecule has 0 unspecified atom stereocenters. The highest BCUT2D eigenvalue weighted by molar-refractivity contribution is 5.93. The van der Waals surface area contributed by atoms with E-state index in [-0.39, 0.29) is 24.4 Å². The van der Waals surface area contributed by atoms with E-state index in [1.807, 2.05) is 0 Å². The largest absolute Gasteiger partial charge is 0.391 e. The number of ketones is 1. The van der Waals surface area contributed by atoms with E-state index in [4.69, 9.17) is 5.11 Å². The highest BCUT2D eigenvalue weighted by atomic mass is 16.3. The lowest BCUT2D eigenvalue weighted by Gasteiger charge is -2.25. The third-order valence-corrected chi connectivity index (χ3v) is 1.65. The fraction of sp³-hybridized carbons (Fsp3) is 0.600. The van der Waals surface area contributed by atoms with Crippen LogP contribution in [0.1, 0.15) is 27.2 Å². The van der Waals surface area contributed by atoms with Gasteiger partial charge in [-0.15, -0.1) is 0 Å². The summed E-state index contributed by atoms with van der Waals surface area (Å²) >= 11 is 0. The lowest BCUT2D eigenvalue weighted by Crippen LogP contribution is -2.45. The summed E-state index contributed by atoms with van der Waals surface area (Å²) in [6, 6.07) is 0. The molecular weight excluding hydrogens is 182 g/mol. The highest BCUT2D eigenvalue weighted by Gasteiger charge is 2.22. The number of aliphatic hydroxyl groups is 1. The molecule has 0 radical (unpaired) electrons. The summed E-state index contributed by atoms with van der Waals surface area (Å²) in [6.07, 6.45) is 0.261. The van der Waals surface area contributed by atoms with Crippen molar-refractivity contribution in [2.24, 2.45) is 0 Å². The van der Waals surface area contributed by atoms with Gasteiger partial charge >= 0.3 is 0 Å². The first kappa shape index (κ1) is 12.8. The van der Waals surface area contributed by atoms with Crippen LogP contribution in [0, 0.1) is 0 Å². The molecule has 1 amide bonds. The molecule has 0 bridgehead atoms. The second kappa shape index (κ2) is 4.91. The fourth-order valence-corrected chi connectivity index (χ4v) is 1.13. The van der Waals surface area contributed by atoms with Gasteiger partial charge in [0.15, 0.2) is 0 Å². The molecule has 0 atom stereocenters. The lowest BCUT2D eigenvalue weighted by molar-refractivity contribution is -0.121. The molecule has 4 heteroatoms. The van der Waals surface area contributed by atoms with E-state index in [9.17, 15) is 9.59 Å². The zero-order valence-electron chi connectivity index (χ0n) is 8.89. The minimum Gasteiger partial charge on any atom is -0.391 e. The van der Waals surface area contributed by atoms with Crippen molar-refractivity contribution in [3.63, 3.8) is 0 Å². The zero-order chi connectivity index (χ0) is 11.4. The molecular formula is C10H17NO3. The Morgan fingerprint density at radius 3 is 2.29 bits per heavy atom. The van der Waals surface area contributed by atoms with Gasteiger partial charge in [-0.2, -0.15) is 0 Å². The van der Waals surface area contributed by atoms with Crippen LogP contribution in [0.3, 0.4) is 0 Å². The van der Waals surface area contributed by atoms with Crippen LogP contribution >= 0.6 is 0 Å². The molecule has 0 aromatic heterocycles. The summed E-state index contributed by atoms with van der Waals surface area (Å²) in [6.45, 7) is 7.98. The van der Waals surface area contributed by atoms with Crippen molar-refractivity contribution in [2.75, 3.05) is 6.61 Å². The highest BCUT2D eigenvalue weighted by Crippen LogP contribution is 2.09. The van der Waals surface area contributed by atoms with Gasteiger partial charge in [0.05, 0.1) is 6.61 Å². The normalized spacial score (nSPS) is 10.9. The zero-order valence-corrected chi connectivity index (χ0v) is 8.89. The molecule has 0 spiro atoms. The van der Waals surface area contributed by atoms with Gasteiger partial charge in [-0.05, 0) is 20.8 Å². The Balaban J connectivity index is 4.28. The quantitative estimate of drug-likeness (QED) is 0.630. The van der Waals surface area contributed by atoms with E-state index in [0.29, 0.717) is 0 Å². The predicted molar refractivity (Wildman–Crippen MR) is 53.7 cm³/mol. The van der Waals surface area contributed by atoms with Crippen LogP contribution in [-0.2, 0) is 9.59 Å². The summed E-state index contributed by atoms with van der Waals surface area (Å²) in [7, 11) is 0. The third kappa shape index (κ3) is 4.77. The summed E-state index contributed by atoms with van der Waals surface area (Å²) < 4.78 is 0. The van der Waals surface area contributed by atoms with Gasteiger partial charge in [0, 0.05) is 17.5 Å². The Bertz CT molecular complexity index is 256. The SMILES string of the molecule is C=C(CO)C(=O)NC(C)(C)CC(C)=O. The molecule has 0 aromatic rings. The van der Waals surface area contributed by atoms with Crippen molar-refractivity contribution in [1.29, 1.82) is 0 Å². The van der Waals surface area contributed by atoms with Crippen molar-refractivity contribution < 1.29 is 14.7 Å². The Morgan fingerprint density at radius 2 is 1.93 bits per heavy atom. The van der Waals surface area contributed by atoms with Crippen molar-refractivity contribution in [1.82, 2.24) is 5.32 Å². The maximum atomic E-state index is 11.3. The molecule has 14 heavy (non-hydrogen) atoms. The van der Waals surface area contributed by atoms with Crippen LogP contribution in [0.4, 0.5) is 0 Å². The molecule has 0 saturated carbocycles. The van der Waals surface area contributed by atoms with E-state index in [1.165, 1.54) is 6.92 Å². The van der Waals surface area contributed by atoms with Crippen LogP contribution in [0.2, 0.25) is 0 Å². The van der Waals surface area contributed by atoms with E-state index < -0.39 is 11.4 Å². The molecule has 0 aliphatic carbocycles. The summed E-state index contributed by atoms with van der Waals surface area (Å²) in [4.78, 5) is 22.1. The van der Waals surface area contributed by atoms with Crippen molar-refractivity contribution in [2.45, 2.75) is 32.7 Å².